The molecule has 2 nitrogen and oxygen atoms in total. The molecule has 1 aromatic heterocycles. The highest BCUT2D eigenvalue weighted by molar-refractivity contribution is 7.09. The minimum Gasteiger partial charge on any atom is -0.391 e. The van der Waals surface area contributed by atoms with Crippen molar-refractivity contribution in [1.82, 2.24) is 4.90 Å². The maximum atomic E-state index is 9.96. The van der Waals surface area contributed by atoms with Gasteiger partial charge in [-0.25, -0.2) is 0 Å². The molecule has 1 aromatic rings. The predicted octanol–water partition coefficient (Wildman–Crippen LogP) is 2.53. The summed E-state index contributed by atoms with van der Waals surface area (Å²) in [6.07, 6.45) is 5.59. The molecule has 1 saturated carbocycles. The molecule has 1 heterocycles. The Morgan fingerprint density at radius 1 is 1.44 bits per heavy atom. The topological polar surface area (TPSA) is 23.5 Å². The first-order chi connectivity index (χ1) is 7.77. The van der Waals surface area contributed by atoms with Gasteiger partial charge in [0.05, 0.1) is 6.10 Å². The zero-order chi connectivity index (χ0) is 11.4. The maximum Gasteiger partial charge on any atom is 0.0695 e. The minimum atomic E-state index is -0.109. The molecule has 0 saturated heterocycles. The van der Waals surface area contributed by atoms with Crippen LogP contribution in [-0.4, -0.2) is 35.7 Å². The Balaban J connectivity index is 1.80. The number of aliphatic hydroxyl groups excluding tert-OH is 1. The van der Waals surface area contributed by atoms with E-state index in [1.54, 1.807) is 0 Å². The van der Waals surface area contributed by atoms with Gasteiger partial charge >= 0.3 is 0 Å². The smallest absolute Gasteiger partial charge is 0.0695 e. The zero-order valence-electron chi connectivity index (χ0n) is 9.93. The van der Waals surface area contributed by atoms with Crippen LogP contribution in [0.5, 0.6) is 0 Å². The van der Waals surface area contributed by atoms with E-state index in [-0.39, 0.29) is 6.10 Å². The van der Waals surface area contributed by atoms with Gasteiger partial charge < -0.3 is 10.0 Å². The SMILES string of the molecule is CN(CCc1cccs1)[C@H]1CCCC[C@@H]1O. The van der Waals surface area contributed by atoms with Gasteiger partial charge in [0.15, 0.2) is 0 Å². The number of aliphatic hydroxyl groups is 1. The molecule has 2 rings (SSSR count). The van der Waals surface area contributed by atoms with E-state index in [1.165, 1.54) is 17.7 Å². The van der Waals surface area contributed by atoms with Crippen molar-refractivity contribution < 1.29 is 5.11 Å². The van der Waals surface area contributed by atoms with E-state index in [4.69, 9.17) is 0 Å². The summed E-state index contributed by atoms with van der Waals surface area (Å²) in [4.78, 5) is 3.78. The first kappa shape index (κ1) is 12.1. The van der Waals surface area contributed by atoms with Gasteiger partial charge in [-0.05, 0) is 37.8 Å². The summed E-state index contributed by atoms with van der Waals surface area (Å²) in [6.45, 7) is 1.06. The molecule has 16 heavy (non-hydrogen) atoms. The summed E-state index contributed by atoms with van der Waals surface area (Å²) in [5.41, 5.74) is 0. The Hall–Kier alpha value is -0.380. The lowest BCUT2D eigenvalue weighted by molar-refractivity contribution is 0.0328. The van der Waals surface area contributed by atoms with E-state index < -0.39 is 0 Å². The Kier molecular flexibility index (Phi) is 4.38. The second kappa shape index (κ2) is 5.80. The van der Waals surface area contributed by atoms with Gasteiger partial charge in [0.2, 0.25) is 0 Å². The molecule has 1 fully saturated rings. The number of hydrogen-bond acceptors (Lipinski definition) is 3. The monoisotopic (exact) mass is 239 g/mol. The molecular formula is C13H21NOS. The van der Waals surface area contributed by atoms with Gasteiger partial charge in [-0.3, -0.25) is 0 Å². The fourth-order valence-corrected chi connectivity index (χ4v) is 3.21. The summed E-state index contributed by atoms with van der Waals surface area (Å²) in [6, 6.07) is 4.68. The molecule has 1 N–H and O–H groups in total. The lowest BCUT2D eigenvalue weighted by Crippen LogP contribution is -2.44. The van der Waals surface area contributed by atoms with Crippen molar-refractivity contribution in [3.8, 4) is 0 Å². The van der Waals surface area contributed by atoms with E-state index in [1.807, 2.05) is 11.3 Å². The molecule has 0 aliphatic heterocycles. The third-order valence-electron chi connectivity index (χ3n) is 3.55. The number of likely N-dealkylation sites (N-methyl/N-ethyl adjacent to an activating group) is 1. The molecule has 0 aromatic carbocycles. The third kappa shape index (κ3) is 3.06. The van der Waals surface area contributed by atoms with Crippen LogP contribution in [0, 0.1) is 0 Å². The normalized spacial score (nSPS) is 26.2. The molecule has 0 bridgehead atoms. The van der Waals surface area contributed by atoms with Crippen molar-refractivity contribution in [1.29, 1.82) is 0 Å². The van der Waals surface area contributed by atoms with Gasteiger partial charge in [0.1, 0.15) is 0 Å². The van der Waals surface area contributed by atoms with Crippen LogP contribution >= 0.6 is 11.3 Å². The van der Waals surface area contributed by atoms with Gasteiger partial charge in [-0.15, -0.1) is 11.3 Å². The van der Waals surface area contributed by atoms with Crippen LogP contribution in [0.1, 0.15) is 30.6 Å². The second-order valence-electron chi connectivity index (χ2n) is 4.73. The molecule has 2 atom stereocenters. The van der Waals surface area contributed by atoms with E-state index in [0.717, 1.165) is 25.8 Å². The lowest BCUT2D eigenvalue weighted by Gasteiger charge is -2.35. The molecule has 1 aliphatic carbocycles. The quantitative estimate of drug-likeness (QED) is 0.873. The Bertz CT molecular complexity index is 299. The largest absolute Gasteiger partial charge is 0.391 e. The van der Waals surface area contributed by atoms with E-state index in [2.05, 4.69) is 29.5 Å². The van der Waals surface area contributed by atoms with Crippen LogP contribution in [0.3, 0.4) is 0 Å². The molecule has 0 amide bonds. The van der Waals surface area contributed by atoms with Crippen molar-refractivity contribution in [2.45, 2.75) is 44.2 Å². The summed E-state index contributed by atoms with van der Waals surface area (Å²) < 4.78 is 0. The van der Waals surface area contributed by atoms with Crippen molar-refractivity contribution >= 4 is 11.3 Å². The van der Waals surface area contributed by atoms with Gasteiger partial charge in [0.25, 0.3) is 0 Å². The molecule has 1 aliphatic rings. The van der Waals surface area contributed by atoms with Gasteiger partial charge in [-0.1, -0.05) is 18.9 Å². The first-order valence-corrected chi connectivity index (χ1v) is 7.06. The first-order valence-electron chi connectivity index (χ1n) is 6.18. The highest BCUT2D eigenvalue weighted by Crippen LogP contribution is 2.22. The number of hydrogen-bond donors (Lipinski definition) is 1. The minimum absolute atomic E-state index is 0.109. The van der Waals surface area contributed by atoms with Crippen LogP contribution in [0.2, 0.25) is 0 Å². The predicted molar refractivity (Wildman–Crippen MR) is 68.9 cm³/mol. The van der Waals surface area contributed by atoms with E-state index in [0.29, 0.717) is 6.04 Å². The van der Waals surface area contributed by atoms with E-state index in [9.17, 15) is 5.11 Å². The van der Waals surface area contributed by atoms with Crippen molar-refractivity contribution in [2.75, 3.05) is 13.6 Å². The Morgan fingerprint density at radius 2 is 2.25 bits per heavy atom. The van der Waals surface area contributed by atoms with Crippen LogP contribution in [0.15, 0.2) is 17.5 Å². The number of rotatable bonds is 4. The maximum absolute atomic E-state index is 9.96. The highest BCUT2D eigenvalue weighted by Gasteiger charge is 2.26. The molecule has 3 heteroatoms. The van der Waals surface area contributed by atoms with E-state index >= 15 is 0 Å². The van der Waals surface area contributed by atoms with Crippen molar-refractivity contribution in [2.24, 2.45) is 0 Å². The Morgan fingerprint density at radius 3 is 2.94 bits per heavy atom. The van der Waals surface area contributed by atoms with Gasteiger partial charge in [-0.2, -0.15) is 0 Å². The van der Waals surface area contributed by atoms with Crippen LogP contribution in [0.25, 0.3) is 0 Å². The molecule has 0 unspecified atom stereocenters. The molecule has 0 spiro atoms. The fourth-order valence-electron chi connectivity index (χ4n) is 2.51. The third-order valence-corrected chi connectivity index (χ3v) is 4.49. The fraction of sp³-hybridized carbons (Fsp3) is 0.692. The van der Waals surface area contributed by atoms with Crippen LogP contribution < -0.4 is 0 Å². The average Bonchev–Trinajstić information content (AvgIpc) is 2.79. The van der Waals surface area contributed by atoms with Crippen molar-refractivity contribution in [3.63, 3.8) is 0 Å². The molecular weight excluding hydrogens is 218 g/mol. The Labute approximate surface area is 102 Å². The molecule has 90 valence electrons. The number of nitrogens with zero attached hydrogens (tertiary/aromatic N) is 1. The lowest BCUT2D eigenvalue weighted by atomic mass is 9.91. The second-order valence-corrected chi connectivity index (χ2v) is 5.76. The van der Waals surface area contributed by atoms with Crippen LogP contribution in [-0.2, 0) is 6.42 Å². The van der Waals surface area contributed by atoms with Gasteiger partial charge in [0, 0.05) is 17.5 Å². The highest BCUT2D eigenvalue weighted by atomic mass is 32.1. The standard InChI is InChI=1S/C13H21NOS/c1-14(9-8-11-5-4-10-16-11)12-6-2-3-7-13(12)15/h4-5,10,12-13,15H,2-3,6-9H2,1H3/t12-,13-/m0/s1. The zero-order valence-corrected chi connectivity index (χ0v) is 10.7. The van der Waals surface area contributed by atoms with Crippen LogP contribution in [0.4, 0.5) is 0 Å². The summed E-state index contributed by atoms with van der Waals surface area (Å²) >= 11 is 1.82. The van der Waals surface area contributed by atoms with Crippen molar-refractivity contribution in [3.05, 3.63) is 22.4 Å². The summed E-state index contributed by atoms with van der Waals surface area (Å²) in [7, 11) is 2.15. The average molecular weight is 239 g/mol. The molecule has 0 radical (unpaired) electrons. The summed E-state index contributed by atoms with van der Waals surface area (Å²) in [5.74, 6) is 0. The number of thiophene rings is 1. The summed E-state index contributed by atoms with van der Waals surface area (Å²) in [5, 5.41) is 12.1.